The van der Waals surface area contributed by atoms with E-state index in [1.807, 2.05) is 4.90 Å². The van der Waals surface area contributed by atoms with Gasteiger partial charge in [-0.1, -0.05) is 12.1 Å². The zero-order chi connectivity index (χ0) is 13.7. The lowest BCUT2D eigenvalue weighted by atomic mass is 10.1. The number of amides is 1. The lowest BCUT2D eigenvalue weighted by molar-refractivity contribution is -0.123. The summed E-state index contributed by atoms with van der Waals surface area (Å²) in [6, 6.07) is 6.06. The molecule has 104 valence electrons. The molecule has 1 unspecified atom stereocenters. The van der Waals surface area contributed by atoms with Gasteiger partial charge >= 0.3 is 0 Å². The van der Waals surface area contributed by atoms with Crippen molar-refractivity contribution < 1.29 is 14.3 Å². The monoisotopic (exact) mass is 266 g/mol. The van der Waals surface area contributed by atoms with Gasteiger partial charge in [0.05, 0.1) is 12.6 Å². The van der Waals surface area contributed by atoms with E-state index in [9.17, 15) is 14.3 Å². The maximum atomic E-state index is 12.7. The van der Waals surface area contributed by atoms with Crippen LogP contribution in [0, 0.1) is 5.82 Å². The van der Waals surface area contributed by atoms with E-state index in [-0.39, 0.29) is 17.8 Å². The smallest absolute Gasteiger partial charge is 0.234 e. The molecule has 0 radical (unpaired) electrons. The zero-order valence-corrected chi connectivity index (χ0v) is 10.8. The number of piperidine rings is 1. The summed E-state index contributed by atoms with van der Waals surface area (Å²) < 4.78 is 12.7. The SMILES string of the molecule is O=C(CN1CCCC(O)C1)NCc1ccc(F)cc1. The average molecular weight is 266 g/mol. The normalized spacial score (nSPS) is 20.2. The number of benzene rings is 1. The third kappa shape index (κ3) is 4.61. The maximum absolute atomic E-state index is 12.7. The predicted molar refractivity (Wildman–Crippen MR) is 69.9 cm³/mol. The Morgan fingerprint density at radius 1 is 1.42 bits per heavy atom. The molecule has 1 aromatic rings. The molecule has 1 aromatic carbocycles. The van der Waals surface area contributed by atoms with E-state index in [1.54, 1.807) is 12.1 Å². The predicted octanol–water partition coefficient (Wildman–Crippen LogP) is 0.899. The van der Waals surface area contributed by atoms with E-state index in [1.165, 1.54) is 12.1 Å². The van der Waals surface area contributed by atoms with Crippen LogP contribution in [-0.4, -0.2) is 41.7 Å². The minimum atomic E-state index is -0.321. The van der Waals surface area contributed by atoms with E-state index >= 15 is 0 Å². The Bertz CT molecular complexity index is 422. The fourth-order valence-corrected chi connectivity index (χ4v) is 2.24. The minimum absolute atomic E-state index is 0.0709. The fourth-order valence-electron chi connectivity index (χ4n) is 2.24. The van der Waals surface area contributed by atoms with Gasteiger partial charge in [-0.3, -0.25) is 9.69 Å². The van der Waals surface area contributed by atoms with Crippen LogP contribution < -0.4 is 5.32 Å². The molecule has 0 aliphatic carbocycles. The topological polar surface area (TPSA) is 52.6 Å². The fraction of sp³-hybridized carbons (Fsp3) is 0.500. The zero-order valence-electron chi connectivity index (χ0n) is 10.8. The first-order valence-electron chi connectivity index (χ1n) is 6.55. The van der Waals surface area contributed by atoms with Gasteiger partial charge in [-0.05, 0) is 37.1 Å². The number of aliphatic hydroxyl groups is 1. The van der Waals surface area contributed by atoms with Gasteiger partial charge in [0.15, 0.2) is 0 Å². The molecule has 19 heavy (non-hydrogen) atoms. The van der Waals surface area contributed by atoms with E-state index in [2.05, 4.69) is 5.32 Å². The highest BCUT2D eigenvalue weighted by Crippen LogP contribution is 2.09. The Morgan fingerprint density at radius 3 is 2.84 bits per heavy atom. The number of hydrogen-bond donors (Lipinski definition) is 2. The molecule has 0 spiro atoms. The summed E-state index contributed by atoms with van der Waals surface area (Å²) in [5, 5.41) is 12.3. The van der Waals surface area contributed by atoms with Crippen molar-refractivity contribution in [3.63, 3.8) is 0 Å². The van der Waals surface area contributed by atoms with Gasteiger partial charge in [0.1, 0.15) is 5.82 Å². The summed E-state index contributed by atoms with van der Waals surface area (Å²) in [4.78, 5) is 13.7. The van der Waals surface area contributed by atoms with Crippen molar-refractivity contribution in [3.05, 3.63) is 35.6 Å². The third-order valence-corrected chi connectivity index (χ3v) is 3.25. The number of carbonyl (C=O) groups is 1. The van der Waals surface area contributed by atoms with Gasteiger partial charge in [0.25, 0.3) is 0 Å². The van der Waals surface area contributed by atoms with Crippen LogP contribution in [0.2, 0.25) is 0 Å². The van der Waals surface area contributed by atoms with Gasteiger partial charge in [0.2, 0.25) is 5.91 Å². The van der Waals surface area contributed by atoms with Gasteiger partial charge in [-0.2, -0.15) is 0 Å². The number of hydrogen-bond acceptors (Lipinski definition) is 3. The molecule has 2 rings (SSSR count). The lowest BCUT2D eigenvalue weighted by Crippen LogP contribution is -2.44. The molecule has 1 amide bonds. The van der Waals surface area contributed by atoms with Gasteiger partial charge in [-0.25, -0.2) is 4.39 Å². The Morgan fingerprint density at radius 2 is 2.16 bits per heavy atom. The molecule has 1 heterocycles. The number of aliphatic hydroxyl groups excluding tert-OH is 1. The molecule has 1 atom stereocenters. The van der Waals surface area contributed by atoms with Crippen LogP contribution in [0.3, 0.4) is 0 Å². The van der Waals surface area contributed by atoms with Crippen LogP contribution in [0.4, 0.5) is 4.39 Å². The van der Waals surface area contributed by atoms with E-state index < -0.39 is 0 Å². The number of β-amino-alcohol motifs (C(OH)–C–C–N with tert-alkyl or cyclic N) is 1. The van der Waals surface area contributed by atoms with Crippen LogP contribution >= 0.6 is 0 Å². The van der Waals surface area contributed by atoms with Crippen LogP contribution in [0.1, 0.15) is 18.4 Å². The van der Waals surface area contributed by atoms with Crippen molar-refractivity contribution in [3.8, 4) is 0 Å². The van der Waals surface area contributed by atoms with Gasteiger partial charge < -0.3 is 10.4 Å². The number of nitrogens with one attached hydrogen (secondary N) is 1. The van der Waals surface area contributed by atoms with Crippen LogP contribution in [0.5, 0.6) is 0 Å². The number of halogens is 1. The number of rotatable bonds is 4. The average Bonchev–Trinajstić information content (AvgIpc) is 2.38. The summed E-state index contributed by atoms with van der Waals surface area (Å²) >= 11 is 0. The van der Waals surface area contributed by atoms with Crippen molar-refractivity contribution >= 4 is 5.91 Å². The minimum Gasteiger partial charge on any atom is -0.392 e. The highest BCUT2D eigenvalue weighted by molar-refractivity contribution is 5.78. The first-order valence-corrected chi connectivity index (χ1v) is 6.55. The second-order valence-electron chi connectivity index (χ2n) is 4.93. The Labute approximate surface area is 112 Å². The highest BCUT2D eigenvalue weighted by Gasteiger charge is 2.19. The largest absolute Gasteiger partial charge is 0.392 e. The van der Waals surface area contributed by atoms with Crippen molar-refractivity contribution in [2.45, 2.75) is 25.5 Å². The van der Waals surface area contributed by atoms with Crippen molar-refractivity contribution in [1.82, 2.24) is 10.2 Å². The second-order valence-corrected chi connectivity index (χ2v) is 4.93. The van der Waals surface area contributed by atoms with Crippen molar-refractivity contribution in [2.24, 2.45) is 0 Å². The molecule has 4 nitrogen and oxygen atoms in total. The molecule has 1 aliphatic heterocycles. The molecule has 0 saturated carbocycles. The molecular formula is C14H19FN2O2. The molecular weight excluding hydrogens is 247 g/mol. The number of carbonyl (C=O) groups excluding carboxylic acids is 1. The van der Waals surface area contributed by atoms with Crippen LogP contribution in [-0.2, 0) is 11.3 Å². The summed E-state index contributed by atoms with van der Waals surface area (Å²) in [5.74, 6) is -0.351. The number of likely N-dealkylation sites (tertiary alicyclic amines) is 1. The summed E-state index contributed by atoms with van der Waals surface area (Å²) in [6.45, 7) is 2.11. The first-order chi connectivity index (χ1) is 9.13. The first kappa shape index (κ1) is 14.0. The molecule has 0 aromatic heterocycles. The van der Waals surface area contributed by atoms with E-state index in [0.29, 0.717) is 19.6 Å². The van der Waals surface area contributed by atoms with Gasteiger partial charge in [0, 0.05) is 13.1 Å². The van der Waals surface area contributed by atoms with E-state index in [0.717, 1.165) is 24.9 Å². The summed E-state index contributed by atoms with van der Waals surface area (Å²) in [6.07, 6.45) is 1.42. The lowest BCUT2D eigenvalue weighted by Gasteiger charge is -2.29. The Kier molecular flexibility index (Phi) is 4.87. The van der Waals surface area contributed by atoms with Crippen LogP contribution in [0.15, 0.2) is 24.3 Å². The third-order valence-electron chi connectivity index (χ3n) is 3.25. The standard InChI is InChI=1S/C14H19FN2O2/c15-12-5-3-11(4-6-12)8-16-14(19)10-17-7-1-2-13(18)9-17/h3-6,13,18H,1-2,7-10H2,(H,16,19). The molecule has 0 bridgehead atoms. The Balaban J connectivity index is 1.73. The molecule has 5 heteroatoms. The molecule has 2 N–H and O–H groups in total. The second kappa shape index (κ2) is 6.63. The molecule has 1 fully saturated rings. The summed E-state index contributed by atoms with van der Waals surface area (Å²) in [7, 11) is 0. The molecule has 1 aliphatic rings. The quantitative estimate of drug-likeness (QED) is 0.851. The van der Waals surface area contributed by atoms with E-state index in [4.69, 9.17) is 0 Å². The van der Waals surface area contributed by atoms with Crippen molar-refractivity contribution in [2.75, 3.05) is 19.6 Å². The Hall–Kier alpha value is -1.46. The summed E-state index contributed by atoms with van der Waals surface area (Å²) in [5.41, 5.74) is 0.869. The molecule has 1 saturated heterocycles. The highest BCUT2D eigenvalue weighted by atomic mass is 19.1. The maximum Gasteiger partial charge on any atom is 0.234 e. The number of nitrogens with zero attached hydrogens (tertiary/aromatic N) is 1. The van der Waals surface area contributed by atoms with Crippen LogP contribution in [0.25, 0.3) is 0 Å². The van der Waals surface area contributed by atoms with Crippen molar-refractivity contribution in [1.29, 1.82) is 0 Å². The van der Waals surface area contributed by atoms with Gasteiger partial charge in [-0.15, -0.1) is 0 Å².